The minimum Gasteiger partial charge on any atom is -0.493 e. The standard InChI is InChI=1S/C13H20OS/c1-10(2)12(9-15)8-14-13-7-5-4-6-11(13)3/h4-7,10,12,15H,8-9H2,1-3H3. The summed E-state index contributed by atoms with van der Waals surface area (Å²) < 4.78 is 5.80. The van der Waals surface area contributed by atoms with E-state index in [0.29, 0.717) is 11.8 Å². The summed E-state index contributed by atoms with van der Waals surface area (Å²) in [6.45, 7) is 7.25. The van der Waals surface area contributed by atoms with Crippen molar-refractivity contribution in [1.82, 2.24) is 0 Å². The van der Waals surface area contributed by atoms with Crippen LogP contribution >= 0.6 is 12.6 Å². The van der Waals surface area contributed by atoms with Crippen LogP contribution in [0.1, 0.15) is 19.4 Å². The first-order valence-electron chi connectivity index (χ1n) is 5.44. The SMILES string of the molecule is Cc1ccccc1OCC(CS)C(C)C. The van der Waals surface area contributed by atoms with Crippen LogP contribution in [0, 0.1) is 18.8 Å². The van der Waals surface area contributed by atoms with Gasteiger partial charge in [0, 0.05) is 5.92 Å². The Bertz CT molecular complexity index is 296. The second kappa shape index (κ2) is 6.06. The number of benzene rings is 1. The molecule has 0 amide bonds. The number of ether oxygens (including phenoxy) is 1. The van der Waals surface area contributed by atoms with E-state index in [-0.39, 0.29) is 0 Å². The van der Waals surface area contributed by atoms with E-state index < -0.39 is 0 Å². The van der Waals surface area contributed by atoms with Crippen LogP contribution in [0.4, 0.5) is 0 Å². The average Bonchev–Trinajstić information content (AvgIpc) is 2.21. The van der Waals surface area contributed by atoms with Crippen molar-refractivity contribution in [2.75, 3.05) is 12.4 Å². The number of hydrogen-bond donors (Lipinski definition) is 1. The van der Waals surface area contributed by atoms with Gasteiger partial charge in [0.25, 0.3) is 0 Å². The highest BCUT2D eigenvalue weighted by Gasteiger charge is 2.12. The lowest BCUT2D eigenvalue weighted by Gasteiger charge is -2.19. The summed E-state index contributed by atoms with van der Waals surface area (Å²) in [5.41, 5.74) is 1.19. The highest BCUT2D eigenvalue weighted by molar-refractivity contribution is 7.80. The van der Waals surface area contributed by atoms with Gasteiger partial charge in [-0.3, -0.25) is 0 Å². The normalized spacial score (nSPS) is 12.9. The first-order valence-corrected chi connectivity index (χ1v) is 6.07. The van der Waals surface area contributed by atoms with Crippen molar-refractivity contribution in [3.05, 3.63) is 29.8 Å². The molecule has 0 saturated heterocycles. The van der Waals surface area contributed by atoms with Crippen LogP contribution in [-0.4, -0.2) is 12.4 Å². The van der Waals surface area contributed by atoms with Crippen molar-refractivity contribution in [3.63, 3.8) is 0 Å². The molecule has 1 rings (SSSR count). The second-order valence-electron chi connectivity index (χ2n) is 4.26. The van der Waals surface area contributed by atoms with Gasteiger partial charge in [0.05, 0.1) is 6.61 Å². The molecule has 84 valence electrons. The molecule has 0 aromatic heterocycles. The van der Waals surface area contributed by atoms with Crippen LogP contribution in [0.2, 0.25) is 0 Å². The van der Waals surface area contributed by atoms with Gasteiger partial charge in [-0.25, -0.2) is 0 Å². The summed E-state index contributed by atoms with van der Waals surface area (Å²) in [5.74, 6) is 3.01. The van der Waals surface area contributed by atoms with Crippen LogP contribution in [0.3, 0.4) is 0 Å². The Labute approximate surface area is 98.3 Å². The van der Waals surface area contributed by atoms with Crippen molar-refractivity contribution >= 4 is 12.6 Å². The number of rotatable bonds is 5. The number of para-hydroxylation sites is 1. The van der Waals surface area contributed by atoms with E-state index in [9.17, 15) is 0 Å². The fourth-order valence-corrected chi connectivity index (χ4v) is 1.90. The Morgan fingerprint density at radius 2 is 1.93 bits per heavy atom. The van der Waals surface area contributed by atoms with Crippen molar-refractivity contribution in [2.24, 2.45) is 11.8 Å². The maximum Gasteiger partial charge on any atom is 0.122 e. The molecule has 1 aromatic carbocycles. The molecule has 0 spiro atoms. The van der Waals surface area contributed by atoms with Gasteiger partial charge >= 0.3 is 0 Å². The molecule has 0 aliphatic rings. The zero-order valence-electron chi connectivity index (χ0n) is 9.73. The summed E-state index contributed by atoms with van der Waals surface area (Å²) in [5, 5.41) is 0. The third kappa shape index (κ3) is 3.78. The molecule has 0 aliphatic heterocycles. The molecule has 1 aromatic rings. The van der Waals surface area contributed by atoms with Crippen LogP contribution in [-0.2, 0) is 0 Å². The lowest BCUT2D eigenvalue weighted by Crippen LogP contribution is -2.19. The van der Waals surface area contributed by atoms with Crippen LogP contribution in [0.25, 0.3) is 0 Å². The molecule has 1 nitrogen and oxygen atoms in total. The van der Waals surface area contributed by atoms with E-state index in [1.807, 2.05) is 18.2 Å². The van der Waals surface area contributed by atoms with Gasteiger partial charge in [-0.2, -0.15) is 12.6 Å². The van der Waals surface area contributed by atoms with Crippen molar-refractivity contribution in [2.45, 2.75) is 20.8 Å². The molecular formula is C13H20OS. The van der Waals surface area contributed by atoms with Crippen molar-refractivity contribution < 1.29 is 4.74 Å². The number of aryl methyl sites for hydroxylation is 1. The molecule has 0 N–H and O–H groups in total. The topological polar surface area (TPSA) is 9.23 Å². The Morgan fingerprint density at radius 3 is 2.47 bits per heavy atom. The van der Waals surface area contributed by atoms with E-state index in [2.05, 4.69) is 39.5 Å². The highest BCUT2D eigenvalue weighted by atomic mass is 32.1. The number of thiol groups is 1. The highest BCUT2D eigenvalue weighted by Crippen LogP contribution is 2.19. The minimum atomic E-state index is 0.521. The maximum absolute atomic E-state index is 5.80. The van der Waals surface area contributed by atoms with Crippen molar-refractivity contribution in [3.8, 4) is 5.75 Å². The Balaban J connectivity index is 2.53. The molecule has 15 heavy (non-hydrogen) atoms. The van der Waals surface area contributed by atoms with E-state index >= 15 is 0 Å². The van der Waals surface area contributed by atoms with Crippen LogP contribution in [0.15, 0.2) is 24.3 Å². The first kappa shape index (κ1) is 12.4. The molecular weight excluding hydrogens is 204 g/mol. The van der Waals surface area contributed by atoms with E-state index in [1.165, 1.54) is 5.56 Å². The molecule has 1 atom stereocenters. The molecule has 2 heteroatoms. The zero-order valence-corrected chi connectivity index (χ0v) is 10.6. The summed E-state index contributed by atoms with van der Waals surface area (Å²) in [6.07, 6.45) is 0. The molecule has 0 bridgehead atoms. The van der Waals surface area contributed by atoms with Gasteiger partial charge in [-0.05, 0) is 30.2 Å². The predicted octanol–water partition coefficient (Wildman–Crippen LogP) is 3.58. The average molecular weight is 224 g/mol. The molecule has 0 fully saturated rings. The Morgan fingerprint density at radius 1 is 1.27 bits per heavy atom. The van der Waals surface area contributed by atoms with E-state index in [1.54, 1.807) is 0 Å². The monoisotopic (exact) mass is 224 g/mol. The van der Waals surface area contributed by atoms with E-state index in [4.69, 9.17) is 4.74 Å². The fourth-order valence-electron chi connectivity index (χ4n) is 1.37. The van der Waals surface area contributed by atoms with Gasteiger partial charge in [0.15, 0.2) is 0 Å². The summed E-state index contributed by atoms with van der Waals surface area (Å²) >= 11 is 4.35. The molecule has 0 heterocycles. The first-order chi connectivity index (χ1) is 7.15. The smallest absolute Gasteiger partial charge is 0.122 e. The third-order valence-corrected chi connectivity index (χ3v) is 3.19. The summed E-state index contributed by atoms with van der Waals surface area (Å²) in [4.78, 5) is 0. The van der Waals surface area contributed by atoms with Gasteiger partial charge in [0.1, 0.15) is 5.75 Å². The van der Waals surface area contributed by atoms with Crippen LogP contribution in [0.5, 0.6) is 5.75 Å². The summed E-state index contributed by atoms with van der Waals surface area (Å²) in [7, 11) is 0. The van der Waals surface area contributed by atoms with Gasteiger partial charge in [-0.1, -0.05) is 32.0 Å². The third-order valence-electron chi connectivity index (χ3n) is 2.72. The largest absolute Gasteiger partial charge is 0.493 e. The van der Waals surface area contributed by atoms with Gasteiger partial charge in [0.2, 0.25) is 0 Å². The van der Waals surface area contributed by atoms with Crippen LogP contribution < -0.4 is 4.74 Å². The van der Waals surface area contributed by atoms with Gasteiger partial charge < -0.3 is 4.74 Å². The number of hydrogen-bond acceptors (Lipinski definition) is 2. The van der Waals surface area contributed by atoms with E-state index in [0.717, 1.165) is 18.1 Å². The quantitative estimate of drug-likeness (QED) is 0.752. The molecule has 0 radical (unpaired) electrons. The zero-order chi connectivity index (χ0) is 11.3. The molecule has 0 aliphatic carbocycles. The lowest BCUT2D eigenvalue weighted by atomic mass is 9.99. The van der Waals surface area contributed by atoms with Crippen molar-refractivity contribution in [1.29, 1.82) is 0 Å². The second-order valence-corrected chi connectivity index (χ2v) is 4.63. The minimum absolute atomic E-state index is 0.521. The predicted molar refractivity (Wildman–Crippen MR) is 68.9 cm³/mol. The lowest BCUT2D eigenvalue weighted by molar-refractivity contribution is 0.226. The fraction of sp³-hybridized carbons (Fsp3) is 0.538. The molecule has 1 unspecified atom stereocenters. The maximum atomic E-state index is 5.80. The Hall–Kier alpha value is -0.630. The Kier molecular flexibility index (Phi) is 5.03. The molecule has 0 saturated carbocycles. The summed E-state index contributed by atoms with van der Waals surface area (Å²) in [6, 6.07) is 8.12. The van der Waals surface area contributed by atoms with Gasteiger partial charge in [-0.15, -0.1) is 0 Å².